The summed E-state index contributed by atoms with van der Waals surface area (Å²) >= 11 is 0. The van der Waals surface area contributed by atoms with E-state index in [0.717, 1.165) is 6.08 Å². The number of benzene rings is 1. The molecule has 5 heteroatoms. The van der Waals surface area contributed by atoms with Crippen LogP contribution in [-0.4, -0.2) is 11.1 Å². The molecule has 0 fully saturated rings. The fourth-order valence-corrected chi connectivity index (χ4v) is 0.928. The number of carboxylic acids is 1. The van der Waals surface area contributed by atoms with Gasteiger partial charge in [-0.05, 0) is 6.07 Å². The van der Waals surface area contributed by atoms with Crippen LogP contribution >= 0.6 is 0 Å². The Morgan fingerprint density at radius 1 is 1.29 bits per heavy atom. The average Bonchev–Trinajstić information content (AvgIpc) is 2.14. The fourth-order valence-electron chi connectivity index (χ4n) is 0.928. The molecule has 0 heterocycles. The average molecular weight is 202 g/mol. The van der Waals surface area contributed by atoms with Crippen LogP contribution in [0.15, 0.2) is 12.6 Å². The van der Waals surface area contributed by atoms with E-state index >= 15 is 0 Å². The Morgan fingerprint density at radius 3 is 2.29 bits per heavy atom. The second-order valence-corrected chi connectivity index (χ2v) is 2.46. The number of carboxylic acid groups (broad SMARTS) is 1. The van der Waals surface area contributed by atoms with Gasteiger partial charge >= 0.3 is 5.97 Å². The molecule has 0 aliphatic heterocycles. The van der Waals surface area contributed by atoms with Crippen LogP contribution in [0.25, 0.3) is 6.08 Å². The highest BCUT2D eigenvalue weighted by atomic mass is 19.2. The Balaban J connectivity index is 3.56. The Morgan fingerprint density at radius 2 is 1.86 bits per heavy atom. The zero-order valence-electron chi connectivity index (χ0n) is 6.85. The van der Waals surface area contributed by atoms with Crippen molar-refractivity contribution in [2.24, 2.45) is 0 Å². The molecule has 0 bridgehead atoms. The summed E-state index contributed by atoms with van der Waals surface area (Å²) < 4.78 is 38.4. The molecule has 0 aromatic heterocycles. The van der Waals surface area contributed by atoms with E-state index in [-0.39, 0.29) is 5.56 Å². The van der Waals surface area contributed by atoms with Gasteiger partial charge in [-0.3, -0.25) is 0 Å². The number of aromatic carboxylic acids is 1. The van der Waals surface area contributed by atoms with E-state index in [1.165, 1.54) is 0 Å². The minimum absolute atomic E-state index is 0.388. The van der Waals surface area contributed by atoms with Crippen LogP contribution in [-0.2, 0) is 0 Å². The van der Waals surface area contributed by atoms with E-state index in [2.05, 4.69) is 6.58 Å². The lowest BCUT2D eigenvalue weighted by Crippen LogP contribution is -2.06. The standard InChI is InChI=1S/C9H5F3O2/c1-2-4-3-5(9(13)14)7(11)8(12)6(4)10/h2-3H,1H2,(H,13,14). The van der Waals surface area contributed by atoms with Crippen molar-refractivity contribution in [3.8, 4) is 0 Å². The van der Waals surface area contributed by atoms with E-state index in [9.17, 15) is 18.0 Å². The molecule has 0 aliphatic rings. The van der Waals surface area contributed by atoms with Gasteiger partial charge in [0.2, 0.25) is 0 Å². The molecule has 1 aromatic carbocycles. The van der Waals surface area contributed by atoms with E-state index in [4.69, 9.17) is 5.11 Å². The molecule has 0 aliphatic carbocycles. The second kappa shape index (κ2) is 3.53. The molecule has 1 aromatic rings. The molecular weight excluding hydrogens is 197 g/mol. The molecular formula is C9H5F3O2. The summed E-state index contributed by atoms with van der Waals surface area (Å²) in [4.78, 5) is 10.4. The van der Waals surface area contributed by atoms with Crippen LogP contribution in [0.1, 0.15) is 15.9 Å². The topological polar surface area (TPSA) is 37.3 Å². The molecule has 0 unspecified atom stereocenters. The number of carbonyl (C=O) groups is 1. The number of halogens is 3. The van der Waals surface area contributed by atoms with E-state index < -0.39 is 29.0 Å². The lowest BCUT2D eigenvalue weighted by atomic mass is 10.1. The van der Waals surface area contributed by atoms with Gasteiger partial charge in [-0.15, -0.1) is 0 Å². The Labute approximate surface area is 77.3 Å². The third kappa shape index (κ3) is 1.48. The largest absolute Gasteiger partial charge is 0.478 e. The van der Waals surface area contributed by atoms with Crippen LogP contribution in [0.2, 0.25) is 0 Å². The van der Waals surface area contributed by atoms with Crippen molar-refractivity contribution in [1.29, 1.82) is 0 Å². The Bertz CT molecular complexity index is 413. The van der Waals surface area contributed by atoms with Gasteiger partial charge in [0.25, 0.3) is 0 Å². The Kier molecular flexibility index (Phi) is 2.60. The van der Waals surface area contributed by atoms with Gasteiger partial charge < -0.3 is 5.11 Å². The van der Waals surface area contributed by atoms with Gasteiger partial charge in [0, 0.05) is 5.56 Å². The molecule has 0 saturated carbocycles. The first kappa shape index (κ1) is 10.3. The molecule has 1 N–H and O–H groups in total. The minimum Gasteiger partial charge on any atom is -0.478 e. The zero-order valence-corrected chi connectivity index (χ0v) is 6.85. The van der Waals surface area contributed by atoms with Gasteiger partial charge in [0.05, 0.1) is 5.56 Å². The normalized spacial score (nSPS) is 9.93. The highest BCUT2D eigenvalue weighted by Crippen LogP contribution is 2.20. The highest BCUT2D eigenvalue weighted by molar-refractivity contribution is 5.88. The third-order valence-corrected chi connectivity index (χ3v) is 1.63. The first-order valence-corrected chi connectivity index (χ1v) is 3.52. The number of hydrogen-bond acceptors (Lipinski definition) is 1. The Hall–Kier alpha value is -1.78. The summed E-state index contributed by atoms with van der Waals surface area (Å²) in [7, 11) is 0. The van der Waals surface area contributed by atoms with E-state index in [1.54, 1.807) is 0 Å². The predicted molar refractivity (Wildman–Crippen MR) is 43.4 cm³/mol. The maximum absolute atomic E-state index is 12.8. The minimum atomic E-state index is -1.81. The van der Waals surface area contributed by atoms with Gasteiger partial charge in [0.15, 0.2) is 17.5 Å². The third-order valence-electron chi connectivity index (χ3n) is 1.63. The summed E-state index contributed by atoms with van der Waals surface area (Å²) in [6.07, 6.45) is 0.907. The smallest absolute Gasteiger partial charge is 0.338 e. The SMILES string of the molecule is C=Cc1cc(C(=O)O)c(F)c(F)c1F. The maximum Gasteiger partial charge on any atom is 0.338 e. The molecule has 0 radical (unpaired) electrons. The summed E-state index contributed by atoms with van der Waals surface area (Å²) in [5.41, 5.74) is -1.31. The van der Waals surface area contributed by atoms with Crippen molar-refractivity contribution in [3.63, 3.8) is 0 Å². The quantitative estimate of drug-likeness (QED) is 0.748. The summed E-state index contributed by atoms with van der Waals surface area (Å²) in [6.45, 7) is 3.14. The van der Waals surface area contributed by atoms with Crippen LogP contribution < -0.4 is 0 Å². The molecule has 0 spiro atoms. The monoisotopic (exact) mass is 202 g/mol. The zero-order chi connectivity index (χ0) is 10.9. The van der Waals surface area contributed by atoms with Crippen LogP contribution in [0.4, 0.5) is 13.2 Å². The molecule has 1 rings (SSSR count). The molecule has 0 saturated heterocycles. The van der Waals surface area contributed by atoms with Crippen LogP contribution in [0.5, 0.6) is 0 Å². The molecule has 0 amide bonds. The first-order chi connectivity index (χ1) is 6.49. The first-order valence-electron chi connectivity index (χ1n) is 3.52. The van der Waals surface area contributed by atoms with Crippen molar-refractivity contribution in [2.75, 3.05) is 0 Å². The van der Waals surface area contributed by atoms with Crippen LogP contribution in [0, 0.1) is 17.5 Å². The lowest BCUT2D eigenvalue weighted by molar-refractivity contribution is 0.0690. The van der Waals surface area contributed by atoms with Gasteiger partial charge in [0.1, 0.15) is 0 Å². The van der Waals surface area contributed by atoms with Gasteiger partial charge in [-0.2, -0.15) is 0 Å². The van der Waals surface area contributed by atoms with Crippen molar-refractivity contribution in [1.82, 2.24) is 0 Å². The van der Waals surface area contributed by atoms with Gasteiger partial charge in [-0.25, -0.2) is 18.0 Å². The lowest BCUT2D eigenvalue weighted by Gasteiger charge is -2.03. The molecule has 14 heavy (non-hydrogen) atoms. The van der Waals surface area contributed by atoms with Crippen molar-refractivity contribution >= 4 is 12.0 Å². The fraction of sp³-hybridized carbons (Fsp3) is 0. The van der Waals surface area contributed by atoms with Gasteiger partial charge in [-0.1, -0.05) is 12.7 Å². The molecule has 0 atom stereocenters. The van der Waals surface area contributed by atoms with Crippen LogP contribution in [0.3, 0.4) is 0 Å². The van der Waals surface area contributed by atoms with E-state index in [1.807, 2.05) is 0 Å². The van der Waals surface area contributed by atoms with Crippen molar-refractivity contribution in [3.05, 3.63) is 41.2 Å². The summed E-state index contributed by atoms with van der Waals surface area (Å²) in [5.74, 6) is -6.62. The summed E-state index contributed by atoms with van der Waals surface area (Å²) in [6, 6.07) is 0.684. The maximum atomic E-state index is 12.8. The van der Waals surface area contributed by atoms with Crippen molar-refractivity contribution < 1.29 is 23.1 Å². The second-order valence-electron chi connectivity index (χ2n) is 2.46. The molecule has 74 valence electrons. The predicted octanol–water partition coefficient (Wildman–Crippen LogP) is 2.45. The summed E-state index contributed by atoms with van der Waals surface area (Å²) in [5, 5.41) is 8.44. The van der Waals surface area contributed by atoms with Crippen molar-refractivity contribution in [2.45, 2.75) is 0 Å². The number of hydrogen-bond donors (Lipinski definition) is 1. The molecule has 2 nitrogen and oxygen atoms in total. The van der Waals surface area contributed by atoms with E-state index in [0.29, 0.717) is 6.07 Å². The highest BCUT2D eigenvalue weighted by Gasteiger charge is 2.20. The number of rotatable bonds is 2.